The Bertz CT molecular complexity index is 623. The van der Waals surface area contributed by atoms with Gasteiger partial charge in [-0.1, -0.05) is 17.3 Å². The molecule has 0 atom stereocenters. The zero-order valence-corrected chi connectivity index (χ0v) is 13.3. The van der Waals surface area contributed by atoms with Gasteiger partial charge in [0, 0.05) is 38.3 Å². The van der Waals surface area contributed by atoms with Crippen LogP contribution in [0.25, 0.3) is 11.4 Å². The second kappa shape index (κ2) is 7.54. The van der Waals surface area contributed by atoms with Crippen LogP contribution >= 0.6 is 0 Å². The fourth-order valence-electron chi connectivity index (χ4n) is 2.70. The van der Waals surface area contributed by atoms with Crippen LogP contribution in [0.1, 0.15) is 5.89 Å². The fourth-order valence-corrected chi connectivity index (χ4v) is 2.70. The number of hydrogen-bond donors (Lipinski definition) is 1. The molecule has 7 heteroatoms. The highest BCUT2D eigenvalue weighted by molar-refractivity contribution is 5.56. The van der Waals surface area contributed by atoms with Crippen molar-refractivity contribution in [3.05, 3.63) is 30.2 Å². The van der Waals surface area contributed by atoms with Gasteiger partial charge in [-0.3, -0.25) is 9.80 Å². The van der Waals surface area contributed by atoms with E-state index < -0.39 is 0 Å². The van der Waals surface area contributed by atoms with Crippen LogP contribution in [0.3, 0.4) is 0 Å². The van der Waals surface area contributed by atoms with E-state index in [1.165, 1.54) is 0 Å². The lowest BCUT2D eigenvalue weighted by molar-refractivity contribution is 0.101. The number of ether oxygens (including phenoxy) is 1. The first kappa shape index (κ1) is 15.9. The number of β-amino-alcohol motifs (C(OH)–C–C–N with tert-alkyl or cyclic N) is 1. The van der Waals surface area contributed by atoms with Crippen LogP contribution < -0.4 is 4.74 Å². The third kappa shape index (κ3) is 4.07. The van der Waals surface area contributed by atoms with E-state index in [2.05, 4.69) is 19.9 Å². The number of hydrogen-bond acceptors (Lipinski definition) is 7. The first-order valence-corrected chi connectivity index (χ1v) is 7.81. The first-order valence-electron chi connectivity index (χ1n) is 7.81. The highest BCUT2D eigenvalue weighted by atomic mass is 16.5. The molecule has 124 valence electrons. The van der Waals surface area contributed by atoms with Crippen molar-refractivity contribution in [3.63, 3.8) is 0 Å². The molecule has 0 unspecified atom stereocenters. The Kier molecular flexibility index (Phi) is 5.22. The predicted molar refractivity (Wildman–Crippen MR) is 85.1 cm³/mol. The largest absolute Gasteiger partial charge is 0.497 e. The zero-order chi connectivity index (χ0) is 16.1. The molecular formula is C16H22N4O3. The molecule has 0 saturated carbocycles. The number of aliphatic hydroxyl groups is 1. The van der Waals surface area contributed by atoms with Crippen LogP contribution in [0.4, 0.5) is 0 Å². The molecule has 1 aliphatic heterocycles. The Morgan fingerprint density at radius 1 is 1.22 bits per heavy atom. The highest BCUT2D eigenvalue weighted by Gasteiger charge is 2.19. The first-order chi connectivity index (χ1) is 11.3. The van der Waals surface area contributed by atoms with Crippen molar-refractivity contribution >= 4 is 0 Å². The van der Waals surface area contributed by atoms with E-state index in [0.717, 1.165) is 44.0 Å². The number of piperazine rings is 1. The summed E-state index contributed by atoms with van der Waals surface area (Å²) >= 11 is 0. The minimum atomic E-state index is 0.216. The molecule has 1 aromatic carbocycles. The third-order valence-electron chi connectivity index (χ3n) is 4.04. The van der Waals surface area contributed by atoms with Gasteiger partial charge in [0.05, 0.1) is 20.3 Å². The maximum absolute atomic E-state index is 8.97. The molecule has 1 aromatic heterocycles. The Morgan fingerprint density at radius 2 is 2.00 bits per heavy atom. The number of methoxy groups -OCH3 is 1. The summed E-state index contributed by atoms with van der Waals surface area (Å²) in [7, 11) is 1.64. The summed E-state index contributed by atoms with van der Waals surface area (Å²) in [4.78, 5) is 9.02. The van der Waals surface area contributed by atoms with Crippen LogP contribution in [0.2, 0.25) is 0 Å². The summed E-state index contributed by atoms with van der Waals surface area (Å²) in [5.74, 6) is 1.98. The smallest absolute Gasteiger partial charge is 0.241 e. The summed E-state index contributed by atoms with van der Waals surface area (Å²) < 4.78 is 10.6. The lowest BCUT2D eigenvalue weighted by atomic mass is 10.2. The van der Waals surface area contributed by atoms with Gasteiger partial charge in [0.15, 0.2) is 0 Å². The summed E-state index contributed by atoms with van der Waals surface area (Å²) in [5, 5.41) is 13.0. The molecule has 2 heterocycles. The van der Waals surface area contributed by atoms with Crippen LogP contribution in [-0.4, -0.2) is 71.5 Å². The van der Waals surface area contributed by atoms with Gasteiger partial charge >= 0.3 is 0 Å². The van der Waals surface area contributed by atoms with Gasteiger partial charge in [-0.05, 0) is 12.1 Å². The van der Waals surface area contributed by atoms with Gasteiger partial charge < -0.3 is 14.4 Å². The maximum Gasteiger partial charge on any atom is 0.241 e. The molecular weight excluding hydrogens is 296 g/mol. The molecule has 1 aliphatic rings. The predicted octanol–water partition coefficient (Wildman–Crippen LogP) is 0.855. The average molecular weight is 318 g/mol. The second-order valence-corrected chi connectivity index (χ2v) is 5.59. The average Bonchev–Trinajstić information content (AvgIpc) is 3.05. The molecule has 0 bridgehead atoms. The number of aliphatic hydroxyl groups excluding tert-OH is 1. The molecule has 23 heavy (non-hydrogen) atoms. The molecule has 3 rings (SSSR count). The molecule has 0 radical (unpaired) electrons. The molecule has 7 nitrogen and oxygen atoms in total. The van der Waals surface area contributed by atoms with Gasteiger partial charge in [0.2, 0.25) is 11.7 Å². The van der Waals surface area contributed by atoms with Crippen LogP contribution in [0.5, 0.6) is 5.75 Å². The van der Waals surface area contributed by atoms with Gasteiger partial charge in [-0.15, -0.1) is 0 Å². The van der Waals surface area contributed by atoms with Crippen molar-refractivity contribution in [2.24, 2.45) is 0 Å². The standard InChI is InChI=1S/C16H22N4O3/c1-22-14-4-2-3-13(11-14)16-17-15(23-18-16)12-20-7-5-19(6-8-20)9-10-21/h2-4,11,21H,5-10,12H2,1H3. The number of aromatic nitrogens is 2. The topological polar surface area (TPSA) is 74.9 Å². The second-order valence-electron chi connectivity index (χ2n) is 5.59. The van der Waals surface area contributed by atoms with E-state index in [1.807, 2.05) is 24.3 Å². The Labute approximate surface area is 135 Å². The minimum Gasteiger partial charge on any atom is -0.497 e. The van der Waals surface area contributed by atoms with Gasteiger partial charge in [-0.25, -0.2) is 0 Å². The number of benzene rings is 1. The van der Waals surface area contributed by atoms with Gasteiger partial charge in [0.1, 0.15) is 5.75 Å². The van der Waals surface area contributed by atoms with E-state index >= 15 is 0 Å². The van der Waals surface area contributed by atoms with E-state index in [1.54, 1.807) is 7.11 Å². The Balaban J connectivity index is 1.59. The summed E-state index contributed by atoms with van der Waals surface area (Å²) in [6.07, 6.45) is 0. The van der Waals surface area contributed by atoms with Crippen LogP contribution in [0.15, 0.2) is 28.8 Å². The van der Waals surface area contributed by atoms with E-state index in [0.29, 0.717) is 18.3 Å². The summed E-state index contributed by atoms with van der Waals surface area (Å²) in [6, 6.07) is 7.62. The summed E-state index contributed by atoms with van der Waals surface area (Å²) in [5.41, 5.74) is 0.882. The molecule has 1 saturated heterocycles. The molecule has 0 spiro atoms. The van der Waals surface area contributed by atoms with Gasteiger partial charge in [-0.2, -0.15) is 4.98 Å². The maximum atomic E-state index is 8.97. The Hall–Kier alpha value is -1.96. The van der Waals surface area contributed by atoms with Crippen molar-refractivity contribution in [1.82, 2.24) is 19.9 Å². The number of nitrogens with zero attached hydrogens (tertiary/aromatic N) is 4. The monoisotopic (exact) mass is 318 g/mol. The Morgan fingerprint density at radius 3 is 2.74 bits per heavy atom. The normalized spacial score (nSPS) is 16.6. The molecule has 0 aliphatic carbocycles. The zero-order valence-electron chi connectivity index (χ0n) is 13.3. The van der Waals surface area contributed by atoms with Crippen LogP contribution in [-0.2, 0) is 6.54 Å². The van der Waals surface area contributed by atoms with Crippen molar-refractivity contribution in [2.45, 2.75) is 6.54 Å². The minimum absolute atomic E-state index is 0.216. The van der Waals surface area contributed by atoms with Crippen molar-refractivity contribution in [1.29, 1.82) is 0 Å². The van der Waals surface area contributed by atoms with Gasteiger partial charge in [0.25, 0.3) is 0 Å². The quantitative estimate of drug-likeness (QED) is 0.846. The molecule has 0 amide bonds. The van der Waals surface area contributed by atoms with Crippen LogP contribution in [0, 0.1) is 0 Å². The molecule has 1 fully saturated rings. The van der Waals surface area contributed by atoms with E-state index in [4.69, 9.17) is 14.4 Å². The third-order valence-corrected chi connectivity index (χ3v) is 4.04. The summed E-state index contributed by atoms with van der Waals surface area (Å²) in [6.45, 7) is 5.41. The lowest BCUT2D eigenvalue weighted by Gasteiger charge is -2.33. The van der Waals surface area contributed by atoms with E-state index in [-0.39, 0.29) is 6.61 Å². The van der Waals surface area contributed by atoms with Crippen molar-refractivity contribution in [2.75, 3.05) is 46.4 Å². The van der Waals surface area contributed by atoms with Crippen molar-refractivity contribution in [3.8, 4) is 17.1 Å². The fraction of sp³-hybridized carbons (Fsp3) is 0.500. The molecule has 2 aromatic rings. The molecule has 1 N–H and O–H groups in total. The SMILES string of the molecule is COc1cccc(-c2noc(CN3CCN(CCO)CC3)n2)c1. The van der Waals surface area contributed by atoms with E-state index in [9.17, 15) is 0 Å². The number of rotatable bonds is 6. The van der Waals surface area contributed by atoms with Crippen molar-refractivity contribution < 1.29 is 14.4 Å². The lowest BCUT2D eigenvalue weighted by Crippen LogP contribution is -2.46. The highest BCUT2D eigenvalue weighted by Crippen LogP contribution is 2.21.